The lowest BCUT2D eigenvalue weighted by Crippen LogP contribution is -2.55. The van der Waals surface area contributed by atoms with Crippen LogP contribution in [0.1, 0.15) is 38.3 Å². The molecule has 0 saturated carbocycles. The maximum absolute atomic E-state index is 13.4. The fourth-order valence-electron chi connectivity index (χ4n) is 3.37. The molecule has 0 spiro atoms. The van der Waals surface area contributed by atoms with Crippen LogP contribution in [0.25, 0.3) is 10.4 Å². The molecule has 192 valence electrons. The molecule has 0 aliphatic heterocycles. The summed E-state index contributed by atoms with van der Waals surface area (Å²) in [6, 6.07) is 16.8. The molecule has 0 saturated heterocycles. The highest BCUT2D eigenvalue weighted by Gasteiger charge is 2.28. The zero-order valence-electron chi connectivity index (χ0n) is 20.9. The van der Waals surface area contributed by atoms with E-state index in [2.05, 4.69) is 26.0 Å². The Morgan fingerprint density at radius 3 is 1.92 bits per heavy atom. The quantitative estimate of drug-likeness (QED) is 0.179. The molecule has 2 aromatic carbocycles. The van der Waals surface area contributed by atoms with Gasteiger partial charge in [-0.15, -0.1) is 0 Å². The minimum absolute atomic E-state index is 0.220. The molecule has 0 aromatic heterocycles. The maximum Gasteiger partial charge on any atom is 0.408 e. The largest absolute Gasteiger partial charge is 0.444 e. The summed E-state index contributed by atoms with van der Waals surface area (Å²) in [5.74, 6) is -0.876. The molecule has 0 radical (unpaired) electrons. The Balaban J connectivity index is 2.17. The van der Waals surface area contributed by atoms with E-state index in [0.29, 0.717) is 13.0 Å². The van der Waals surface area contributed by atoms with Gasteiger partial charge in [-0.25, -0.2) is 4.79 Å². The predicted octanol–water partition coefficient (Wildman–Crippen LogP) is 3.67. The lowest BCUT2D eigenvalue weighted by Gasteiger charge is -2.25. The van der Waals surface area contributed by atoms with Crippen molar-refractivity contribution in [2.45, 2.75) is 57.7 Å². The Bertz CT molecular complexity index is 1030. The lowest BCUT2D eigenvalue weighted by molar-refractivity contribution is -0.130. The van der Waals surface area contributed by atoms with Crippen LogP contribution in [-0.2, 0) is 27.2 Å². The van der Waals surface area contributed by atoms with Crippen LogP contribution < -0.4 is 16.0 Å². The average molecular weight is 495 g/mol. The normalized spacial score (nSPS) is 12.4. The summed E-state index contributed by atoms with van der Waals surface area (Å²) >= 11 is 0. The molecule has 0 unspecified atom stereocenters. The summed E-state index contributed by atoms with van der Waals surface area (Å²) in [4.78, 5) is 41.5. The first kappa shape index (κ1) is 28.2. The van der Waals surface area contributed by atoms with E-state index < -0.39 is 29.7 Å². The number of hydrogen-bond acceptors (Lipinski definition) is 5. The number of carbonyl (C=O) groups excluding carboxylic acids is 3. The average Bonchev–Trinajstić information content (AvgIpc) is 2.83. The van der Waals surface area contributed by atoms with Crippen molar-refractivity contribution in [3.05, 3.63) is 82.2 Å². The number of azide groups is 1. The molecule has 10 heteroatoms. The first-order valence-corrected chi connectivity index (χ1v) is 11.8. The van der Waals surface area contributed by atoms with E-state index in [1.54, 1.807) is 20.8 Å². The van der Waals surface area contributed by atoms with Gasteiger partial charge in [-0.3, -0.25) is 9.59 Å². The second-order valence-corrected chi connectivity index (χ2v) is 9.24. The van der Waals surface area contributed by atoms with Crippen LogP contribution in [0.3, 0.4) is 0 Å². The Morgan fingerprint density at radius 2 is 1.42 bits per heavy atom. The van der Waals surface area contributed by atoms with Gasteiger partial charge in [0.05, 0.1) is 0 Å². The van der Waals surface area contributed by atoms with Gasteiger partial charge in [-0.05, 0) is 43.9 Å². The predicted molar refractivity (Wildman–Crippen MR) is 137 cm³/mol. The minimum atomic E-state index is -0.960. The highest BCUT2D eigenvalue weighted by Crippen LogP contribution is 2.10. The first-order valence-electron chi connectivity index (χ1n) is 11.8. The highest BCUT2D eigenvalue weighted by molar-refractivity contribution is 5.91. The van der Waals surface area contributed by atoms with Crippen LogP contribution in [0.4, 0.5) is 4.79 Å². The maximum atomic E-state index is 13.4. The molecule has 3 amide bonds. The summed E-state index contributed by atoms with van der Waals surface area (Å²) in [7, 11) is 0. The fraction of sp³-hybridized carbons (Fsp3) is 0.423. The summed E-state index contributed by atoms with van der Waals surface area (Å²) < 4.78 is 5.35. The van der Waals surface area contributed by atoms with Gasteiger partial charge in [0.25, 0.3) is 0 Å². The monoisotopic (exact) mass is 494 g/mol. The fourth-order valence-corrected chi connectivity index (χ4v) is 3.37. The summed E-state index contributed by atoms with van der Waals surface area (Å²) in [6.07, 6.45) is 0.232. The molecule has 2 aromatic rings. The number of ether oxygens (including phenoxy) is 1. The lowest BCUT2D eigenvalue weighted by atomic mass is 10.0. The van der Waals surface area contributed by atoms with Crippen molar-refractivity contribution in [3.63, 3.8) is 0 Å². The van der Waals surface area contributed by atoms with Crippen molar-refractivity contribution in [1.82, 2.24) is 16.0 Å². The van der Waals surface area contributed by atoms with E-state index in [9.17, 15) is 14.4 Å². The number of benzene rings is 2. The van der Waals surface area contributed by atoms with E-state index in [-0.39, 0.29) is 25.3 Å². The van der Waals surface area contributed by atoms with Gasteiger partial charge in [0.1, 0.15) is 17.7 Å². The summed E-state index contributed by atoms with van der Waals surface area (Å²) in [5, 5.41) is 11.7. The summed E-state index contributed by atoms with van der Waals surface area (Å²) in [6.45, 7) is 5.76. The molecule has 0 fully saturated rings. The third-order valence-electron chi connectivity index (χ3n) is 5.00. The number of nitrogens with one attached hydrogen (secondary N) is 3. The second kappa shape index (κ2) is 14.4. The Kier molecular flexibility index (Phi) is 11.3. The topological polar surface area (TPSA) is 145 Å². The van der Waals surface area contributed by atoms with Gasteiger partial charge in [-0.1, -0.05) is 65.8 Å². The van der Waals surface area contributed by atoms with Crippen molar-refractivity contribution in [2.75, 3.05) is 13.1 Å². The molecule has 0 bridgehead atoms. The van der Waals surface area contributed by atoms with Crippen molar-refractivity contribution in [1.29, 1.82) is 0 Å². The third kappa shape index (κ3) is 10.9. The van der Waals surface area contributed by atoms with Crippen molar-refractivity contribution >= 4 is 17.9 Å². The third-order valence-corrected chi connectivity index (χ3v) is 5.00. The molecule has 36 heavy (non-hydrogen) atoms. The molecular formula is C26H34N6O4. The van der Waals surface area contributed by atoms with Gasteiger partial charge in [-0.2, -0.15) is 0 Å². The molecule has 3 N–H and O–H groups in total. The molecule has 2 atom stereocenters. The smallest absolute Gasteiger partial charge is 0.408 e. The second-order valence-electron chi connectivity index (χ2n) is 9.24. The number of hydrogen-bond donors (Lipinski definition) is 3. The van der Waals surface area contributed by atoms with Crippen molar-refractivity contribution in [3.8, 4) is 0 Å². The number of carbonyl (C=O) groups is 3. The van der Waals surface area contributed by atoms with E-state index in [4.69, 9.17) is 10.3 Å². The van der Waals surface area contributed by atoms with Crippen LogP contribution in [0, 0.1) is 0 Å². The van der Waals surface area contributed by atoms with E-state index in [1.807, 2.05) is 60.7 Å². The zero-order chi connectivity index (χ0) is 26.4. The standard InChI is InChI=1S/C26H34N6O4/c1-26(2,3)36-25(35)31-22(18-20-13-8-5-9-14-20)24(34)30-21(17-19-11-6-4-7-12-19)23(33)28-15-10-16-29-32-27/h4-9,11-14,21-22H,10,15-18H2,1-3H3,(H,28,33)(H,30,34)(H,31,35)/t21-,22-/m0/s1. The van der Waals surface area contributed by atoms with Crippen LogP contribution >= 0.6 is 0 Å². The first-order chi connectivity index (χ1) is 17.2. The van der Waals surface area contributed by atoms with Crippen molar-refractivity contribution in [2.24, 2.45) is 5.11 Å². The van der Waals surface area contributed by atoms with Crippen molar-refractivity contribution < 1.29 is 19.1 Å². The number of alkyl carbamates (subject to hydrolysis) is 1. The zero-order valence-corrected chi connectivity index (χ0v) is 20.9. The molecule has 10 nitrogen and oxygen atoms in total. The van der Waals surface area contributed by atoms with Gasteiger partial charge < -0.3 is 20.7 Å². The molecule has 0 heterocycles. The molecule has 0 aliphatic carbocycles. The van der Waals surface area contributed by atoms with E-state index in [1.165, 1.54) is 0 Å². The number of rotatable bonds is 12. The Hall–Kier alpha value is -4.04. The van der Waals surface area contributed by atoms with Crippen LogP contribution in [0.2, 0.25) is 0 Å². The highest BCUT2D eigenvalue weighted by atomic mass is 16.6. The van der Waals surface area contributed by atoms with Gasteiger partial charge in [0.15, 0.2) is 0 Å². The molecular weight excluding hydrogens is 460 g/mol. The number of nitrogens with zero attached hydrogens (tertiary/aromatic N) is 3. The van der Waals surface area contributed by atoms with E-state index in [0.717, 1.165) is 11.1 Å². The van der Waals surface area contributed by atoms with Gasteiger partial charge >= 0.3 is 6.09 Å². The van der Waals surface area contributed by atoms with Crippen LogP contribution in [-0.4, -0.2) is 48.7 Å². The Labute approximate surface area is 211 Å². The van der Waals surface area contributed by atoms with Gasteiger partial charge in [0.2, 0.25) is 11.8 Å². The number of amides is 3. The van der Waals surface area contributed by atoms with Crippen LogP contribution in [0.15, 0.2) is 65.8 Å². The molecule has 0 aliphatic rings. The van der Waals surface area contributed by atoms with Crippen LogP contribution in [0.5, 0.6) is 0 Å². The SMILES string of the molecule is CC(C)(C)OC(=O)N[C@@H](Cc1ccccc1)C(=O)N[C@@H](Cc1ccccc1)C(=O)NCCCN=[N+]=[N-]. The van der Waals surface area contributed by atoms with E-state index >= 15 is 0 Å². The molecule has 2 rings (SSSR count). The summed E-state index contributed by atoms with van der Waals surface area (Å²) in [5.41, 5.74) is 9.37. The van der Waals surface area contributed by atoms with Gasteiger partial charge in [0, 0.05) is 30.8 Å². The minimum Gasteiger partial charge on any atom is -0.444 e. The Morgan fingerprint density at radius 1 is 0.889 bits per heavy atom.